The number of nitrogens with two attached hydrogens (primary N) is 1. The fourth-order valence-electron chi connectivity index (χ4n) is 4.61. The fourth-order valence-corrected chi connectivity index (χ4v) is 6.47. The molecule has 2 unspecified atom stereocenters. The third kappa shape index (κ3) is 5.02. The van der Waals surface area contributed by atoms with E-state index in [9.17, 15) is 34.3 Å². The summed E-state index contributed by atoms with van der Waals surface area (Å²) in [7, 11) is 1.50. The molecule has 4 heterocycles. The van der Waals surface area contributed by atoms with E-state index < -0.39 is 46.7 Å². The first-order chi connectivity index (χ1) is 19.6. The first-order valence-corrected chi connectivity index (χ1v) is 13.9. The molecule has 5 rings (SSSR count). The molecule has 4 amide bonds. The van der Waals surface area contributed by atoms with E-state index >= 15 is 0 Å². The number of nitrogens with zero attached hydrogens (tertiary/aromatic N) is 4. The van der Waals surface area contributed by atoms with Gasteiger partial charge in [-0.1, -0.05) is 5.16 Å². The number of thioether (sulfide) groups is 1. The monoisotopic (exact) mass is 598 g/mol. The van der Waals surface area contributed by atoms with Gasteiger partial charge >= 0.3 is 5.97 Å². The van der Waals surface area contributed by atoms with Gasteiger partial charge in [-0.25, -0.2) is 9.78 Å². The molecule has 2 atom stereocenters. The Morgan fingerprint density at radius 1 is 1.24 bits per heavy atom. The minimum atomic E-state index is -1.38. The Hall–Kier alpha value is -4.70. The van der Waals surface area contributed by atoms with Crippen molar-refractivity contribution in [1.82, 2.24) is 20.1 Å². The van der Waals surface area contributed by atoms with E-state index in [0.717, 1.165) is 21.1 Å². The van der Waals surface area contributed by atoms with Crippen molar-refractivity contribution in [2.75, 3.05) is 25.1 Å². The lowest BCUT2D eigenvalue weighted by Crippen LogP contribution is -2.71. The van der Waals surface area contributed by atoms with Crippen LogP contribution in [-0.2, 0) is 19.2 Å². The number of imide groups is 1. The van der Waals surface area contributed by atoms with Crippen LogP contribution in [0, 0.1) is 0 Å². The van der Waals surface area contributed by atoms with Gasteiger partial charge in [0.05, 0.1) is 7.11 Å². The van der Waals surface area contributed by atoms with Gasteiger partial charge in [-0.15, -0.1) is 23.1 Å². The number of carbonyl (C=O) groups is 5. The van der Waals surface area contributed by atoms with Gasteiger partial charge in [0.1, 0.15) is 28.6 Å². The number of hydrogen-bond acceptors (Lipinski definition) is 12. The number of hydrogen-bond donors (Lipinski definition) is 4. The van der Waals surface area contributed by atoms with Crippen molar-refractivity contribution in [3.63, 3.8) is 0 Å². The minimum Gasteiger partial charge on any atom is -0.497 e. The number of oxime groups is 1. The van der Waals surface area contributed by atoms with Crippen LogP contribution in [0.25, 0.3) is 0 Å². The number of carboxylic acid groups (broad SMARTS) is 1. The predicted molar refractivity (Wildman–Crippen MR) is 146 cm³/mol. The zero-order valence-corrected chi connectivity index (χ0v) is 22.9. The molecule has 1 aromatic carbocycles. The molecule has 3 aliphatic rings. The summed E-state index contributed by atoms with van der Waals surface area (Å²) in [5, 5.41) is 25.5. The Labute approximate surface area is 240 Å². The fraction of sp³-hybridized carbons (Fsp3) is 0.240. The molecule has 0 spiro atoms. The van der Waals surface area contributed by atoms with Crippen molar-refractivity contribution in [3.8, 4) is 5.75 Å². The van der Waals surface area contributed by atoms with Crippen molar-refractivity contribution in [3.05, 3.63) is 63.8 Å². The van der Waals surface area contributed by atoms with Crippen molar-refractivity contribution in [1.29, 1.82) is 0 Å². The van der Waals surface area contributed by atoms with E-state index in [0.29, 0.717) is 11.3 Å². The first kappa shape index (κ1) is 27.9. The molecule has 41 heavy (non-hydrogen) atoms. The number of nitrogens with one attached hydrogen (secondary N) is 1. The molecular formula is C25H22N6O8S2. The number of carboxylic acids is 1. The number of nitrogen functional groups attached to an aromatic ring is 1. The summed E-state index contributed by atoms with van der Waals surface area (Å²) in [6.07, 6.45) is 1.63. The number of benzene rings is 1. The summed E-state index contributed by atoms with van der Waals surface area (Å²) in [5.41, 5.74) is 5.60. The number of aromatic nitrogens is 1. The van der Waals surface area contributed by atoms with Crippen LogP contribution in [0.5, 0.6) is 5.75 Å². The van der Waals surface area contributed by atoms with E-state index in [2.05, 4.69) is 15.5 Å². The highest BCUT2D eigenvalue weighted by Gasteiger charge is 2.54. The molecule has 2 aromatic rings. The standard InChI is InChI=1S/C25H22N6O8S2/c1-39-14-4-2-11(3-5-14)20(33)30-7-6-12(21(30)34)8-13-9-40-23-17(22(35)31(23)18(13)24(36)37)28-19(32)16(29-38)15-10-41-25(26)27-15/h2-5,8,10,17,23,38H,6-7,9H2,1H3,(H2,26,27)(H,28,32)(H,36,37)/b12-8?,29-16-. The molecule has 0 saturated carbocycles. The minimum absolute atomic E-state index is 0.0215. The lowest BCUT2D eigenvalue weighted by atomic mass is 10.0. The zero-order chi connectivity index (χ0) is 29.4. The summed E-state index contributed by atoms with van der Waals surface area (Å²) in [6, 6.07) is 5.22. The Bertz CT molecular complexity index is 1560. The smallest absolute Gasteiger partial charge is 0.352 e. The van der Waals surface area contributed by atoms with E-state index in [1.165, 1.54) is 30.3 Å². The zero-order valence-electron chi connectivity index (χ0n) is 21.3. The molecule has 5 N–H and O–H groups in total. The van der Waals surface area contributed by atoms with Gasteiger partial charge in [0.25, 0.3) is 23.6 Å². The molecule has 3 aliphatic heterocycles. The van der Waals surface area contributed by atoms with Crippen LogP contribution in [0.1, 0.15) is 22.5 Å². The lowest BCUT2D eigenvalue weighted by Gasteiger charge is -2.49. The number of likely N-dealkylation sites (tertiary alicyclic amines) is 1. The van der Waals surface area contributed by atoms with Crippen molar-refractivity contribution >= 4 is 63.5 Å². The number of thiazole rings is 1. The van der Waals surface area contributed by atoms with E-state index in [1.807, 2.05) is 0 Å². The number of fused-ring (bicyclic) bond motifs is 1. The Morgan fingerprint density at radius 3 is 2.59 bits per heavy atom. The molecule has 0 aliphatic carbocycles. The van der Waals surface area contributed by atoms with Crippen LogP contribution >= 0.6 is 23.1 Å². The van der Waals surface area contributed by atoms with Gasteiger partial charge < -0.3 is 26.1 Å². The second-order valence-electron chi connectivity index (χ2n) is 8.97. The number of carbonyl (C=O) groups excluding carboxylic acids is 4. The number of anilines is 1. The number of methoxy groups -OCH3 is 1. The molecule has 2 saturated heterocycles. The lowest BCUT2D eigenvalue weighted by molar-refractivity contribution is -0.150. The maximum absolute atomic E-state index is 13.1. The quantitative estimate of drug-likeness (QED) is 0.0869. The van der Waals surface area contributed by atoms with Gasteiger partial charge in [0.15, 0.2) is 10.8 Å². The highest BCUT2D eigenvalue weighted by molar-refractivity contribution is 8.00. The largest absolute Gasteiger partial charge is 0.497 e. The van der Waals surface area contributed by atoms with Crippen LogP contribution in [0.2, 0.25) is 0 Å². The Kier molecular flexibility index (Phi) is 7.51. The van der Waals surface area contributed by atoms with Crippen LogP contribution < -0.4 is 15.8 Å². The summed E-state index contributed by atoms with van der Waals surface area (Å²) >= 11 is 2.22. The summed E-state index contributed by atoms with van der Waals surface area (Å²) < 4.78 is 5.09. The summed E-state index contributed by atoms with van der Waals surface area (Å²) in [4.78, 5) is 69.9. The topological polar surface area (TPSA) is 205 Å². The van der Waals surface area contributed by atoms with Gasteiger partial charge in [0, 0.05) is 28.8 Å². The molecule has 0 radical (unpaired) electrons. The van der Waals surface area contributed by atoms with Crippen molar-refractivity contribution in [2.24, 2.45) is 5.16 Å². The number of allylic oxidation sites excluding steroid dienone is 1. The summed E-state index contributed by atoms with van der Waals surface area (Å²) in [5.74, 6) is -3.31. The average molecular weight is 599 g/mol. The number of rotatable bonds is 7. The van der Waals surface area contributed by atoms with E-state index in [-0.39, 0.29) is 46.4 Å². The van der Waals surface area contributed by atoms with E-state index in [1.54, 1.807) is 24.3 Å². The number of β-lactam (4-membered cyclic amide) rings is 1. The number of amides is 4. The van der Waals surface area contributed by atoms with Crippen molar-refractivity contribution in [2.45, 2.75) is 17.8 Å². The average Bonchev–Trinajstić information content (AvgIpc) is 3.56. The van der Waals surface area contributed by atoms with E-state index in [4.69, 9.17) is 10.5 Å². The SMILES string of the molecule is COc1ccc(C(=O)N2CCC(=CC3=C(C(=O)O)N4C(=O)C(NC(=O)/C(=N\O)c5csc(N)n5)C4SC3)C2=O)cc1. The molecule has 2 fully saturated rings. The number of aliphatic carboxylic acids is 1. The maximum atomic E-state index is 13.1. The molecule has 16 heteroatoms. The highest BCUT2D eigenvalue weighted by atomic mass is 32.2. The Balaban J connectivity index is 1.32. The van der Waals surface area contributed by atoms with Gasteiger partial charge in [-0.3, -0.25) is 29.0 Å². The first-order valence-electron chi connectivity index (χ1n) is 12.0. The second-order valence-corrected chi connectivity index (χ2v) is 11.0. The van der Waals surface area contributed by atoms with Gasteiger partial charge in [0.2, 0.25) is 0 Å². The molecule has 212 valence electrons. The highest BCUT2D eigenvalue weighted by Crippen LogP contribution is 2.41. The van der Waals surface area contributed by atoms with Crippen LogP contribution in [-0.4, -0.2) is 91.2 Å². The van der Waals surface area contributed by atoms with Crippen LogP contribution in [0.4, 0.5) is 5.13 Å². The van der Waals surface area contributed by atoms with Crippen LogP contribution in [0.15, 0.2) is 57.7 Å². The maximum Gasteiger partial charge on any atom is 0.352 e. The number of ether oxygens (including phenoxy) is 1. The van der Waals surface area contributed by atoms with Crippen LogP contribution in [0.3, 0.4) is 0 Å². The van der Waals surface area contributed by atoms with Crippen molar-refractivity contribution < 1.29 is 39.0 Å². The molecular weight excluding hydrogens is 576 g/mol. The second kappa shape index (κ2) is 11.1. The molecule has 1 aromatic heterocycles. The van der Waals surface area contributed by atoms with Gasteiger partial charge in [-0.05, 0) is 42.3 Å². The summed E-state index contributed by atoms with van der Waals surface area (Å²) in [6.45, 7) is 0.122. The predicted octanol–water partition coefficient (Wildman–Crippen LogP) is 0.650. The molecule has 0 bridgehead atoms. The third-order valence-corrected chi connectivity index (χ3v) is 8.60. The third-order valence-electron chi connectivity index (χ3n) is 6.62. The molecule has 14 nitrogen and oxygen atoms in total. The Morgan fingerprint density at radius 2 is 1.98 bits per heavy atom. The normalized spacial score (nSPS) is 21.6. The van der Waals surface area contributed by atoms with Gasteiger partial charge in [-0.2, -0.15) is 0 Å².